The van der Waals surface area contributed by atoms with Crippen molar-refractivity contribution in [1.29, 1.82) is 0 Å². The van der Waals surface area contributed by atoms with Gasteiger partial charge in [-0.2, -0.15) is 0 Å². The summed E-state index contributed by atoms with van der Waals surface area (Å²) >= 11 is 11.6. The number of nitrogens with one attached hydrogen (secondary N) is 2. The topological polar surface area (TPSA) is 104 Å². The SMILES string of the molecule is NCCCN[C@@H](CC(=O)Nc1ccc(Cl)c(Cl)c1)C(=O)O. The van der Waals surface area contributed by atoms with E-state index >= 15 is 0 Å². The molecule has 0 saturated carbocycles. The molecule has 1 atom stereocenters. The summed E-state index contributed by atoms with van der Waals surface area (Å²) in [4.78, 5) is 22.9. The van der Waals surface area contributed by atoms with Crippen LogP contribution in [0.3, 0.4) is 0 Å². The number of aliphatic carboxylic acids is 1. The molecule has 8 heteroatoms. The van der Waals surface area contributed by atoms with Crippen molar-refractivity contribution in [2.75, 3.05) is 18.4 Å². The first kappa shape index (κ1) is 17.7. The average molecular weight is 334 g/mol. The molecule has 0 bridgehead atoms. The number of carbonyl (C=O) groups is 2. The van der Waals surface area contributed by atoms with Crippen LogP contribution < -0.4 is 16.4 Å². The molecule has 0 aromatic heterocycles. The van der Waals surface area contributed by atoms with E-state index < -0.39 is 17.9 Å². The molecule has 0 fully saturated rings. The van der Waals surface area contributed by atoms with Crippen molar-refractivity contribution in [3.63, 3.8) is 0 Å². The van der Waals surface area contributed by atoms with Gasteiger partial charge in [0.15, 0.2) is 0 Å². The lowest BCUT2D eigenvalue weighted by Gasteiger charge is -2.14. The number of carboxylic acid groups (broad SMARTS) is 1. The maximum Gasteiger partial charge on any atom is 0.321 e. The van der Waals surface area contributed by atoms with Crippen molar-refractivity contribution >= 4 is 40.8 Å². The lowest BCUT2D eigenvalue weighted by atomic mass is 10.2. The van der Waals surface area contributed by atoms with Gasteiger partial charge in [-0.1, -0.05) is 23.2 Å². The van der Waals surface area contributed by atoms with Gasteiger partial charge in [-0.25, -0.2) is 0 Å². The molecule has 0 aliphatic heterocycles. The number of rotatable bonds is 8. The van der Waals surface area contributed by atoms with Crippen molar-refractivity contribution in [2.24, 2.45) is 5.73 Å². The Kier molecular flexibility index (Phi) is 7.45. The Morgan fingerprint density at radius 1 is 1.29 bits per heavy atom. The smallest absolute Gasteiger partial charge is 0.321 e. The number of halogens is 2. The van der Waals surface area contributed by atoms with Crippen LogP contribution in [0.2, 0.25) is 10.0 Å². The molecule has 1 amide bonds. The van der Waals surface area contributed by atoms with Gasteiger partial charge in [-0.05, 0) is 37.7 Å². The Morgan fingerprint density at radius 3 is 2.57 bits per heavy atom. The molecule has 0 radical (unpaired) electrons. The van der Waals surface area contributed by atoms with Crippen molar-refractivity contribution in [2.45, 2.75) is 18.9 Å². The molecule has 1 aromatic rings. The van der Waals surface area contributed by atoms with E-state index in [0.29, 0.717) is 35.2 Å². The lowest BCUT2D eigenvalue weighted by Crippen LogP contribution is -2.40. The maximum atomic E-state index is 11.8. The first-order valence-electron chi connectivity index (χ1n) is 6.35. The summed E-state index contributed by atoms with van der Waals surface area (Å²) < 4.78 is 0. The van der Waals surface area contributed by atoms with E-state index in [2.05, 4.69) is 10.6 Å². The number of amides is 1. The fraction of sp³-hybridized carbons (Fsp3) is 0.385. The molecule has 21 heavy (non-hydrogen) atoms. The summed E-state index contributed by atoms with van der Waals surface area (Å²) in [6.07, 6.45) is 0.443. The third kappa shape index (κ3) is 6.31. The van der Waals surface area contributed by atoms with Crippen molar-refractivity contribution < 1.29 is 14.7 Å². The molecule has 6 nitrogen and oxygen atoms in total. The van der Waals surface area contributed by atoms with Crippen LogP contribution in [-0.4, -0.2) is 36.1 Å². The fourth-order valence-corrected chi connectivity index (χ4v) is 1.89. The van der Waals surface area contributed by atoms with Crippen LogP contribution in [0, 0.1) is 0 Å². The van der Waals surface area contributed by atoms with E-state index in [0.717, 1.165) is 0 Å². The molecular weight excluding hydrogens is 317 g/mol. The predicted molar refractivity (Wildman–Crippen MR) is 82.8 cm³/mol. The van der Waals surface area contributed by atoms with Gasteiger partial charge in [0.25, 0.3) is 0 Å². The molecule has 0 aliphatic carbocycles. The minimum absolute atomic E-state index is 0.194. The van der Waals surface area contributed by atoms with Gasteiger partial charge >= 0.3 is 5.97 Å². The van der Waals surface area contributed by atoms with E-state index in [1.807, 2.05) is 0 Å². The quantitative estimate of drug-likeness (QED) is 0.542. The standard InChI is InChI=1S/C13H17Cl2N3O3/c14-9-3-2-8(6-10(9)15)18-12(19)7-11(13(20)21)17-5-1-4-16/h2-3,6,11,17H,1,4-5,7,16H2,(H,18,19)(H,20,21)/t11-/m0/s1. The van der Waals surface area contributed by atoms with Crippen LogP contribution in [0.15, 0.2) is 18.2 Å². The zero-order chi connectivity index (χ0) is 15.8. The van der Waals surface area contributed by atoms with E-state index in [4.69, 9.17) is 34.0 Å². The second-order valence-electron chi connectivity index (χ2n) is 4.37. The molecule has 1 rings (SSSR count). The highest BCUT2D eigenvalue weighted by atomic mass is 35.5. The summed E-state index contributed by atoms with van der Waals surface area (Å²) in [5, 5.41) is 15.1. The monoisotopic (exact) mass is 333 g/mol. The number of nitrogens with two attached hydrogens (primary N) is 1. The van der Waals surface area contributed by atoms with Crippen LogP contribution >= 0.6 is 23.2 Å². The molecule has 1 aromatic carbocycles. The third-order valence-corrected chi connectivity index (χ3v) is 3.40. The van der Waals surface area contributed by atoms with Gasteiger partial charge in [0, 0.05) is 5.69 Å². The van der Waals surface area contributed by atoms with Gasteiger partial charge in [-0.3, -0.25) is 9.59 Å². The largest absolute Gasteiger partial charge is 0.480 e. The van der Waals surface area contributed by atoms with Crippen LogP contribution in [0.1, 0.15) is 12.8 Å². The van der Waals surface area contributed by atoms with Crippen molar-refractivity contribution in [3.8, 4) is 0 Å². The normalized spacial score (nSPS) is 12.0. The van der Waals surface area contributed by atoms with E-state index in [-0.39, 0.29) is 6.42 Å². The predicted octanol–water partition coefficient (Wildman–Crippen LogP) is 1.71. The second kappa shape index (κ2) is 8.84. The Balaban J connectivity index is 2.56. The summed E-state index contributed by atoms with van der Waals surface area (Å²) in [6.45, 7) is 0.891. The summed E-state index contributed by atoms with van der Waals surface area (Å²) in [6, 6.07) is 3.68. The second-order valence-corrected chi connectivity index (χ2v) is 5.18. The summed E-state index contributed by atoms with van der Waals surface area (Å²) in [7, 11) is 0. The first-order chi connectivity index (χ1) is 9.93. The van der Waals surface area contributed by atoms with Gasteiger partial charge in [0.1, 0.15) is 6.04 Å². The number of benzene rings is 1. The Hall–Kier alpha value is -1.34. The highest BCUT2D eigenvalue weighted by molar-refractivity contribution is 6.42. The Labute approximate surface area is 132 Å². The van der Waals surface area contributed by atoms with E-state index in [9.17, 15) is 9.59 Å². The van der Waals surface area contributed by atoms with Gasteiger partial charge in [-0.15, -0.1) is 0 Å². The number of hydrogen-bond donors (Lipinski definition) is 4. The van der Waals surface area contributed by atoms with E-state index in [1.54, 1.807) is 12.1 Å². The molecule has 0 unspecified atom stereocenters. The first-order valence-corrected chi connectivity index (χ1v) is 7.10. The highest BCUT2D eigenvalue weighted by Gasteiger charge is 2.20. The average Bonchev–Trinajstić information content (AvgIpc) is 2.42. The number of hydrogen-bond acceptors (Lipinski definition) is 4. The summed E-state index contributed by atoms with van der Waals surface area (Å²) in [5.41, 5.74) is 5.79. The Morgan fingerprint density at radius 2 is 2.00 bits per heavy atom. The number of carbonyl (C=O) groups excluding carboxylic acids is 1. The van der Waals surface area contributed by atoms with Crippen molar-refractivity contribution in [3.05, 3.63) is 28.2 Å². The maximum absolute atomic E-state index is 11.8. The van der Waals surface area contributed by atoms with Gasteiger partial charge < -0.3 is 21.5 Å². The zero-order valence-electron chi connectivity index (χ0n) is 11.2. The number of anilines is 1. The molecule has 0 aliphatic rings. The van der Waals surface area contributed by atoms with Crippen molar-refractivity contribution in [1.82, 2.24) is 5.32 Å². The molecule has 0 saturated heterocycles. The molecule has 0 heterocycles. The van der Waals surface area contributed by atoms with Crippen LogP contribution in [-0.2, 0) is 9.59 Å². The van der Waals surface area contributed by atoms with Crippen LogP contribution in [0.4, 0.5) is 5.69 Å². The van der Waals surface area contributed by atoms with E-state index in [1.165, 1.54) is 6.07 Å². The van der Waals surface area contributed by atoms with Crippen LogP contribution in [0.25, 0.3) is 0 Å². The number of carboxylic acids is 1. The third-order valence-electron chi connectivity index (χ3n) is 2.66. The molecule has 5 N–H and O–H groups in total. The lowest BCUT2D eigenvalue weighted by molar-refractivity contribution is -0.141. The van der Waals surface area contributed by atoms with Gasteiger partial charge in [0.2, 0.25) is 5.91 Å². The van der Waals surface area contributed by atoms with Gasteiger partial charge in [0.05, 0.1) is 16.5 Å². The fourth-order valence-electron chi connectivity index (χ4n) is 1.60. The van der Waals surface area contributed by atoms with Crippen LogP contribution in [0.5, 0.6) is 0 Å². The molecule has 116 valence electrons. The molecular formula is C13H17Cl2N3O3. The molecule has 0 spiro atoms. The minimum Gasteiger partial charge on any atom is -0.480 e. The highest BCUT2D eigenvalue weighted by Crippen LogP contribution is 2.25. The zero-order valence-corrected chi connectivity index (χ0v) is 12.7. The Bertz CT molecular complexity index is 511. The summed E-state index contributed by atoms with van der Waals surface area (Å²) in [5.74, 6) is -1.52. The minimum atomic E-state index is -1.09.